The molecule has 1 aliphatic rings. The molecule has 3 aromatic carbocycles. The molecule has 0 bridgehead atoms. The smallest absolute Gasteiger partial charge is 0.255 e. The fraction of sp³-hybridized carbons (Fsp3) is 0.269. The fourth-order valence-corrected chi connectivity index (χ4v) is 5.42. The molecule has 4 rings (SSSR count). The predicted octanol–water partition coefficient (Wildman–Crippen LogP) is 3.78. The van der Waals surface area contributed by atoms with Gasteiger partial charge in [-0.15, -0.1) is 0 Å². The minimum atomic E-state index is -3.75. The van der Waals surface area contributed by atoms with Crippen molar-refractivity contribution in [1.82, 2.24) is 4.31 Å². The molecule has 0 aromatic heterocycles. The van der Waals surface area contributed by atoms with E-state index in [1.165, 1.54) is 23.5 Å². The predicted molar refractivity (Wildman–Crippen MR) is 136 cm³/mol. The monoisotopic (exact) mass is 495 g/mol. The Labute approximate surface area is 206 Å². The summed E-state index contributed by atoms with van der Waals surface area (Å²) in [4.78, 5) is 15.0. The van der Waals surface area contributed by atoms with E-state index in [0.29, 0.717) is 43.2 Å². The molecular weight excluding hydrogens is 466 g/mol. The number of carbonyl (C=O) groups excluding carboxylic acids is 1. The van der Waals surface area contributed by atoms with E-state index in [4.69, 9.17) is 9.47 Å². The highest BCUT2D eigenvalue weighted by atomic mass is 32.2. The fourth-order valence-electron chi connectivity index (χ4n) is 3.97. The van der Waals surface area contributed by atoms with Gasteiger partial charge in [-0.2, -0.15) is 4.31 Å². The van der Waals surface area contributed by atoms with E-state index in [1.54, 1.807) is 25.3 Å². The van der Waals surface area contributed by atoms with Gasteiger partial charge in [-0.25, -0.2) is 8.42 Å². The van der Waals surface area contributed by atoms with E-state index in [-0.39, 0.29) is 10.8 Å². The first kappa shape index (κ1) is 24.6. The van der Waals surface area contributed by atoms with Crippen LogP contribution >= 0.6 is 0 Å². The number of nitrogens with one attached hydrogen (secondary N) is 1. The number of methoxy groups -OCH3 is 2. The van der Waals surface area contributed by atoms with Gasteiger partial charge in [0, 0.05) is 37.4 Å². The van der Waals surface area contributed by atoms with Gasteiger partial charge in [0.1, 0.15) is 11.5 Å². The van der Waals surface area contributed by atoms with Crippen molar-refractivity contribution in [2.45, 2.75) is 11.8 Å². The Morgan fingerprint density at radius 2 is 1.51 bits per heavy atom. The van der Waals surface area contributed by atoms with Crippen LogP contribution in [0.4, 0.5) is 11.4 Å². The van der Waals surface area contributed by atoms with Gasteiger partial charge < -0.3 is 19.7 Å². The van der Waals surface area contributed by atoms with E-state index < -0.39 is 10.0 Å². The van der Waals surface area contributed by atoms with E-state index >= 15 is 0 Å². The van der Waals surface area contributed by atoms with Crippen molar-refractivity contribution in [2.24, 2.45) is 0 Å². The van der Waals surface area contributed by atoms with Gasteiger partial charge in [0.05, 0.1) is 24.8 Å². The Balaban J connectivity index is 1.49. The summed E-state index contributed by atoms with van der Waals surface area (Å²) in [5, 5.41) is 2.79. The highest BCUT2D eigenvalue weighted by Crippen LogP contribution is 2.30. The molecule has 1 fully saturated rings. The molecule has 1 aliphatic heterocycles. The molecule has 1 amide bonds. The van der Waals surface area contributed by atoms with Crippen molar-refractivity contribution in [1.29, 1.82) is 0 Å². The molecule has 1 N–H and O–H groups in total. The van der Waals surface area contributed by atoms with E-state index in [0.717, 1.165) is 17.0 Å². The Bertz CT molecular complexity index is 1280. The Morgan fingerprint density at radius 1 is 0.857 bits per heavy atom. The number of anilines is 2. The van der Waals surface area contributed by atoms with E-state index in [2.05, 4.69) is 10.2 Å². The maximum absolute atomic E-state index is 13.4. The number of ether oxygens (including phenoxy) is 2. The van der Waals surface area contributed by atoms with Gasteiger partial charge in [-0.05, 0) is 61.5 Å². The standard InChI is InChI=1S/C26H29N3O5S/c1-19-4-6-20(7-5-19)26(30)27-24-18-23(12-13-25(24)34-3)35(31,32)29-16-14-28(15-17-29)21-8-10-22(33-2)11-9-21/h4-13,18H,14-17H2,1-3H3,(H,27,30). The highest BCUT2D eigenvalue weighted by Gasteiger charge is 2.29. The van der Waals surface area contributed by atoms with Crippen LogP contribution in [-0.4, -0.2) is 59.0 Å². The molecule has 184 valence electrons. The van der Waals surface area contributed by atoms with Crippen molar-refractivity contribution in [3.63, 3.8) is 0 Å². The molecule has 1 heterocycles. The number of rotatable bonds is 7. The second kappa shape index (κ2) is 10.4. The van der Waals surface area contributed by atoms with Crippen LogP contribution < -0.4 is 19.7 Å². The summed E-state index contributed by atoms with van der Waals surface area (Å²) in [6.45, 7) is 3.78. The number of amides is 1. The third-order valence-electron chi connectivity index (χ3n) is 6.05. The van der Waals surface area contributed by atoms with Crippen LogP contribution in [0.1, 0.15) is 15.9 Å². The zero-order valence-electron chi connectivity index (χ0n) is 20.0. The van der Waals surface area contributed by atoms with Crippen molar-refractivity contribution >= 4 is 27.3 Å². The van der Waals surface area contributed by atoms with Gasteiger partial charge in [0.25, 0.3) is 5.91 Å². The lowest BCUT2D eigenvalue weighted by atomic mass is 10.1. The molecule has 9 heteroatoms. The maximum atomic E-state index is 13.4. The van der Waals surface area contributed by atoms with E-state index in [1.807, 2.05) is 43.3 Å². The average Bonchev–Trinajstić information content (AvgIpc) is 2.89. The van der Waals surface area contributed by atoms with Crippen molar-refractivity contribution in [3.05, 3.63) is 77.9 Å². The van der Waals surface area contributed by atoms with Crippen LogP contribution in [0.3, 0.4) is 0 Å². The minimum absolute atomic E-state index is 0.107. The normalized spacial score (nSPS) is 14.4. The topological polar surface area (TPSA) is 88.2 Å². The van der Waals surface area contributed by atoms with E-state index in [9.17, 15) is 13.2 Å². The second-order valence-electron chi connectivity index (χ2n) is 8.27. The molecule has 35 heavy (non-hydrogen) atoms. The van der Waals surface area contributed by atoms with Gasteiger partial charge in [0.15, 0.2) is 0 Å². The van der Waals surface area contributed by atoms with Gasteiger partial charge in [-0.1, -0.05) is 17.7 Å². The maximum Gasteiger partial charge on any atom is 0.255 e. The van der Waals surface area contributed by atoms with Crippen LogP contribution in [0, 0.1) is 6.92 Å². The molecule has 0 saturated carbocycles. The first-order chi connectivity index (χ1) is 16.8. The lowest BCUT2D eigenvalue weighted by Gasteiger charge is -2.35. The molecule has 0 unspecified atom stereocenters. The summed E-state index contributed by atoms with van der Waals surface area (Å²) in [5.41, 5.74) is 2.84. The summed E-state index contributed by atoms with van der Waals surface area (Å²) in [6, 6.07) is 19.4. The quantitative estimate of drug-likeness (QED) is 0.537. The first-order valence-corrected chi connectivity index (χ1v) is 12.7. The summed E-state index contributed by atoms with van der Waals surface area (Å²) < 4.78 is 38.8. The molecule has 8 nitrogen and oxygen atoms in total. The van der Waals surface area contributed by atoms with Crippen LogP contribution in [0.5, 0.6) is 11.5 Å². The molecular formula is C26H29N3O5S. The highest BCUT2D eigenvalue weighted by molar-refractivity contribution is 7.89. The van der Waals surface area contributed by atoms with Crippen LogP contribution in [0.25, 0.3) is 0 Å². The number of aryl methyl sites for hydroxylation is 1. The Hall–Kier alpha value is -3.56. The average molecular weight is 496 g/mol. The van der Waals surface area contributed by atoms with Gasteiger partial charge in [0.2, 0.25) is 10.0 Å². The molecule has 3 aromatic rings. The summed E-state index contributed by atoms with van der Waals surface area (Å²) in [6.07, 6.45) is 0. The number of nitrogens with zero attached hydrogens (tertiary/aromatic N) is 2. The zero-order valence-corrected chi connectivity index (χ0v) is 20.8. The number of carbonyl (C=O) groups is 1. The van der Waals surface area contributed by atoms with Crippen LogP contribution in [0.2, 0.25) is 0 Å². The second-order valence-corrected chi connectivity index (χ2v) is 10.2. The van der Waals surface area contributed by atoms with Gasteiger partial charge in [-0.3, -0.25) is 4.79 Å². The lowest BCUT2D eigenvalue weighted by molar-refractivity contribution is 0.102. The summed E-state index contributed by atoms with van der Waals surface area (Å²) >= 11 is 0. The van der Waals surface area contributed by atoms with Crippen LogP contribution in [0.15, 0.2) is 71.6 Å². The number of benzene rings is 3. The zero-order chi connectivity index (χ0) is 25.0. The molecule has 0 radical (unpaired) electrons. The van der Waals surface area contributed by atoms with Gasteiger partial charge >= 0.3 is 0 Å². The first-order valence-electron chi connectivity index (χ1n) is 11.3. The third kappa shape index (κ3) is 5.41. The van der Waals surface area contributed by atoms with Crippen LogP contribution in [-0.2, 0) is 10.0 Å². The largest absolute Gasteiger partial charge is 0.497 e. The molecule has 0 spiro atoms. The SMILES string of the molecule is COc1ccc(N2CCN(S(=O)(=O)c3ccc(OC)c(NC(=O)c4ccc(C)cc4)c3)CC2)cc1. The molecule has 0 atom stereocenters. The van der Waals surface area contributed by atoms with Crippen molar-refractivity contribution in [2.75, 3.05) is 50.6 Å². The third-order valence-corrected chi connectivity index (χ3v) is 7.94. The number of piperazine rings is 1. The molecule has 0 aliphatic carbocycles. The van der Waals surface area contributed by atoms with Crippen molar-refractivity contribution in [3.8, 4) is 11.5 Å². The number of hydrogen-bond acceptors (Lipinski definition) is 6. The summed E-state index contributed by atoms with van der Waals surface area (Å²) in [5.74, 6) is 0.819. The number of hydrogen-bond donors (Lipinski definition) is 1. The Morgan fingerprint density at radius 3 is 2.11 bits per heavy atom. The number of sulfonamides is 1. The lowest BCUT2D eigenvalue weighted by Crippen LogP contribution is -2.48. The Kier molecular flexibility index (Phi) is 7.28. The summed E-state index contributed by atoms with van der Waals surface area (Å²) in [7, 11) is -0.654. The minimum Gasteiger partial charge on any atom is -0.497 e. The van der Waals surface area contributed by atoms with Crippen molar-refractivity contribution < 1.29 is 22.7 Å². The molecule has 1 saturated heterocycles.